The number of carbonyl (C=O) groups excluding carboxylic acids is 5. The van der Waals surface area contributed by atoms with Crippen molar-refractivity contribution in [3.63, 3.8) is 0 Å². The Bertz CT molecular complexity index is 1080. The number of piperidine rings is 1. The summed E-state index contributed by atoms with van der Waals surface area (Å²) in [6, 6.07) is -1.02. The molecule has 4 atom stereocenters. The van der Waals surface area contributed by atoms with Gasteiger partial charge in [0.05, 0.1) is 11.0 Å². The number of hydrogen-bond acceptors (Lipinski definition) is 9. The van der Waals surface area contributed by atoms with Crippen LogP contribution in [0.3, 0.4) is 0 Å². The van der Waals surface area contributed by atoms with E-state index in [1.54, 1.807) is 12.3 Å². The zero-order valence-electron chi connectivity index (χ0n) is 26.4. The van der Waals surface area contributed by atoms with E-state index in [-0.39, 0.29) is 61.3 Å². The van der Waals surface area contributed by atoms with Gasteiger partial charge in [0.25, 0.3) is 5.91 Å². The highest BCUT2D eigenvalue weighted by molar-refractivity contribution is 7.09. The molecule has 1 aromatic rings. The lowest BCUT2D eigenvalue weighted by Crippen LogP contribution is -2.57. The number of nitrogens with two attached hydrogens (primary N) is 1. The van der Waals surface area contributed by atoms with Crippen LogP contribution in [0, 0.1) is 11.8 Å². The fourth-order valence-corrected chi connectivity index (χ4v) is 5.61. The Labute approximate surface area is 259 Å². The van der Waals surface area contributed by atoms with Crippen LogP contribution in [-0.4, -0.2) is 89.9 Å². The summed E-state index contributed by atoms with van der Waals surface area (Å²) in [6.07, 6.45) is 5.83. The van der Waals surface area contributed by atoms with Crippen LogP contribution in [0.5, 0.6) is 0 Å². The molecule has 0 aliphatic carbocycles. The van der Waals surface area contributed by atoms with Crippen LogP contribution in [0.25, 0.3) is 0 Å². The molecule has 13 heteroatoms. The van der Waals surface area contributed by atoms with Crippen LogP contribution in [0.2, 0.25) is 0 Å². The first-order chi connectivity index (χ1) is 20.5. The molecular weight excluding hydrogens is 572 g/mol. The molecule has 4 amide bonds. The number of primary amides is 1. The van der Waals surface area contributed by atoms with Gasteiger partial charge in [0.2, 0.25) is 17.7 Å². The summed E-state index contributed by atoms with van der Waals surface area (Å²) in [5.74, 6) is -2.00. The number of ether oxygens (including phenoxy) is 1. The minimum Gasteiger partial charge on any atom is -0.444 e. The molecule has 12 nitrogen and oxygen atoms in total. The van der Waals surface area contributed by atoms with E-state index in [2.05, 4.69) is 15.6 Å². The van der Waals surface area contributed by atoms with Gasteiger partial charge >= 0.3 is 5.97 Å². The molecule has 1 aliphatic rings. The maximum absolute atomic E-state index is 13.9. The zero-order chi connectivity index (χ0) is 31.9. The molecule has 4 N–H and O–H groups in total. The van der Waals surface area contributed by atoms with Crippen molar-refractivity contribution in [2.75, 3.05) is 33.4 Å². The number of likely N-dealkylation sites (tertiary alicyclic amines) is 1. The van der Waals surface area contributed by atoms with E-state index in [0.717, 1.165) is 30.8 Å². The first-order valence-electron chi connectivity index (χ1n) is 15.4. The second-order valence-corrected chi connectivity index (χ2v) is 12.4. The molecule has 1 saturated heterocycles. The Morgan fingerprint density at radius 1 is 1.21 bits per heavy atom. The Hall–Kier alpha value is -3.06. The number of carbonyl (C=O) groups is 5. The Balaban J connectivity index is 2.05. The van der Waals surface area contributed by atoms with Crippen molar-refractivity contribution in [1.82, 2.24) is 25.4 Å². The molecule has 1 aliphatic heterocycles. The van der Waals surface area contributed by atoms with Crippen LogP contribution < -0.4 is 16.4 Å². The second-order valence-electron chi connectivity index (χ2n) is 11.4. The number of amides is 4. The normalized spacial score (nSPS) is 17.4. The van der Waals surface area contributed by atoms with E-state index >= 15 is 0 Å². The predicted octanol–water partition coefficient (Wildman–Crippen LogP) is 2.46. The topological polar surface area (TPSA) is 164 Å². The first kappa shape index (κ1) is 36.1. The number of aromatic nitrogens is 1. The third kappa shape index (κ3) is 11.9. The average molecular weight is 623 g/mol. The van der Waals surface area contributed by atoms with Crippen molar-refractivity contribution >= 4 is 40.9 Å². The number of nitrogens with one attached hydrogen (secondary N) is 2. The lowest BCUT2D eigenvalue weighted by molar-refractivity contribution is -0.155. The molecule has 242 valence electrons. The van der Waals surface area contributed by atoms with Crippen LogP contribution in [0.1, 0.15) is 94.6 Å². The van der Waals surface area contributed by atoms with E-state index in [1.165, 1.54) is 16.2 Å². The number of hydrogen-bond donors (Lipinski definition) is 3. The van der Waals surface area contributed by atoms with Crippen molar-refractivity contribution in [2.24, 2.45) is 17.6 Å². The molecule has 2 rings (SSSR count). The number of thiazole rings is 1. The minimum absolute atomic E-state index is 0.120. The summed E-state index contributed by atoms with van der Waals surface area (Å²) in [5.41, 5.74) is 5.56. The van der Waals surface area contributed by atoms with Gasteiger partial charge in [-0.05, 0) is 51.6 Å². The summed E-state index contributed by atoms with van der Waals surface area (Å²) in [6.45, 7) is 8.75. The van der Waals surface area contributed by atoms with Crippen LogP contribution in [0.4, 0.5) is 0 Å². The molecule has 2 heterocycles. The van der Waals surface area contributed by atoms with E-state index < -0.39 is 11.9 Å². The highest BCUT2D eigenvalue weighted by Crippen LogP contribution is 2.18. The minimum atomic E-state index is -0.745. The van der Waals surface area contributed by atoms with Gasteiger partial charge in [-0.1, -0.05) is 40.5 Å². The highest BCUT2D eigenvalue weighted by Gasteiger charge is 2.34. The first-order valence-corrected chi connectivity index (χ1v) is 16.3. The van der Waals surface area contributed by atoms with E-state index in [9.17, 15) is 24.0 Å². The van der Waals surface area contributed by atoms with Crippen molar-refractivity contribution in [3.05, 3.63) is 16.1 Å². The summed E-state index contributed by atoms with van der Waals surface area (Å²) in [4.78, 5) is 70.8. The molecule has 0 radical (unpaired) electrons. The van der Waals surface area contributed by atoms with Gasteiger partial charge in [-0.15, -0.1) is 11.3 Å². The highest BCUT2D eigenvalue weighted by atomic mass is 32.1. The number of rotatable bonds is 18. The van der Waals surface area contributed by atoms with Gasteiger partial charge in [-0.25, -0.2) is 4.98 Å². The van der Waals surface area contributed by atoms with Gasteiger partial charge in [0.15, 0.2) is 6.73 Å². The number of nitrogens with zero attached hydrogens (tertiary/aromatic N) is 3. The lowest BCUT2D eigenvalue weighted by Gasteiger charge is -2.35. The fraction of sp³-hybridized carbons (Fsp3) is 0.733. The van der Waals surface area contributed by atoms with E-state index in [4.69, 9.17) is 10.5 Å². The fourth-order valence-electron chi connectivity index (χ4n) is 4.79. The number of likely N-dealkylation sites (N-methyl/N-ethyl adjacent to an activating group) is 1. The van der Waals surface area contributed by atoms with Gasteiger partial charge in [-0.3, -0.25) is 28.9 Å². The van der Waals surface area contributed by atoms with Crippen molar-refractivity contribution in [2.45, 2.75) is 97.6 Å². The largest absolute Gasteiger partial charge is 0.444 e. The van der Waals surface area contributed by atoms with Crippen molar-refractivity contribution < 1.29 is 28.7 Å². The van der Waals surface area contributed by atoms with E-state index in [0.29, 0.717) is 44.3 Å². The van der Waals surface area contributed by atoms with Gasteiger partial charge in [0, 0.05) is 37.2 Å². The third-order valence-electron chi connectivity index (χ3n) is 7.95. The standard InChI is InChI=1S/C30H50N6O6S/c1-6-11-25(37)42-19-36(30(41)26(20(3)7-2)34-29(40)23-12-8-9-16-35(23)5)17-10-13-24-33-22(18-43-24)28(39)32-15-14-21(4)27(31)38/h18,20-21,23,26H,6-17,19H2,1-5H3,(H2,31,38)(H,32,39)(H,34,40)/t20?,21-,23+,26-/m0/s1. The van der Waals surface area contributed by atoms with E-state index in [1.807, 2.05) is 32.7 Å². The van der Waals surface area contributed by atoms with Crippen LogP contribution in [-0.2, 0) is 30.3 Å². The Morgan fingerprint density at radius 3 is 2.60 bits per heavy atom. The monoisotopic (exact) mass is 622 g/mol. The van der Waals surface area contributed by atoms with Crippen molar-refractivity contribution in [1.29, 1.82) is 0 Å². The molecular formula is C30H50N6O6S. The van der Waals surface area contributed by atoms with Crippen LogP contribution >= 0.6 is 11.3 Å². The number of aryl methyl sites for hydroxylation is 1. The molecule has 0 aromatic carbocycles. The Morgan fingerprint density at radius 2 is 1.95 bits per heavy atom. The number of esters is 1. The third-order valence-corrected chi connectivity index (χ3v) is 8.86. The molecule has 1 unspecified atom stereocenters. The van der Waals surface area contributed by atoms with Crippen molar-refractivity contribution in [3.8, 4) is 0 Å². The summed E-state index contributed by atoms with van der Waals surface area (Å²) in [7, 11) is 1.93. The van der Waals surface area contributed by atoms with Gasteiger partial charge < -0.3 is 26.0 Å². The van der Waals surface area contributed by atoms with Gasteiger partial charge in [-0.2, -0.15) is 0 Å². The smallest absolute Gasteiger partial charge is 0.307 e. The maximum Gasteiger partial charge on any atom is 0.307 e. The molecule has 1 fully saturated rings. The molecule has 43 heavy (non-hydrogen) atoms. The molecule has 0 spiro atoms. The summed E-state index contributed by atoms with van der Waals surface area (Å²) >= 11 is 1.35. The van der Waals surface area contributed by atoms with Gasteiger partial charge in [0.1, 0.15) is 11.7 Å². The summed E-state index contributed by atoms with van der Waals surface area (Å²) < 4.78 is 5.43. The lowest BCUT2D eigenvalue weighted by atomic mass is 9.96. The molecule has 0 bridgehead atoms. The predicted molar refractivity (Wildman–Crippen MR) is 165 cm³/mol. The molecule has 0 saturated carbocycles. The quantitative estimate of drug-likeness (QED) is 0.166. The Kier molecular flexibility index (Phi) is 15.6. The SMILES string of the molecule is CCCC(=O)OCN(CCCc1nc(C(=O)NCC[C@H](C)C(N)=O)cs1)C(=O)[C@@H](NC(=O)[C@H]1CCCCN1C)C(C)CC. The molecule has 1 aromatic heterocycles. The maximum atomic E-state index is 13.9. The summed E-state index contributed by atoms with van der Waals surface area (Å²) in [5, 5.41) is 8.19. The second kappa shape index (κ2) is 18.6. The zero-order valence-corrected chi connectivity index (χ0v) is 27.2. The van der Waals surface area contributed by atoms with Crippen LogP contribution in [0.15, 0.2) is 5.38 Å². The average Bonchev–Trinajstić information content (AvgIpc) is 3.46.